The number of aromatic nitrogens is 1. The summed E-state index contributed by atoms with van der Waals surface area (Å²) in [6, 6.07) is 0.240. The quantitative estimate of drug-likeness (QED) is 0.892. The minimum absolute atomic E-state index is 0.154. The van der Waals surface area contributed by atoms with E-state index in [1.54, 1.807) is 11.3 Å². The van der Waals surface area contributed by atoms with Crippen LogP contribution >= 0.6 is 11.3 Å². The van der Waals surface area contributed by atoms with Crippen LogP contribution in [0.15, 0.2) is 5.38 Å². The maximum absolute atomic E-state index is 6.17. The van der Waals surface area contributed by atoms with E-state index in [4.69, 9.17) is 10.7 Å². The van der Waals surface area contributed by atoms with Gasteiger partial charge in [-0.15, -0.1) is 11.3 Å². The molecule has 1 atom stereocenters. The predicted molar refractivity (Wildman–Crippen MR) is 76.6 cm³/mol. The molecule has 0 saturated heterocycles. The molecule has 1 aromatic heterocycles. The monoisotopic (exact) mass is 254 g/mol. The van der Waals surface area contributed by atoms with Gasteiger partial charge in [0.05, 0.1) is 10.7 Å². The van der Waals surface area contributed by atoms with E-state index in [0.29, 0.717) is 0 Å². The molecule has 1 rings (SSSR count). The van der Waals surface area contributed by atoms with Gasteiger partial charge in [0, 0.05) is 23.3 Å². The third-order valence-corrected chi connectivity index (χ3v) is 4.01. The zero-order chi connectivity index (χ0) is 13.3. The second-order valence-corrected chi connectivity index (χ2v) is 7.83. The normalized spacial score (nSPS) is 15.0. The van der Waals surface area contributed by atoms with Crippen molar-refractivity contribution < 1.29 is 0 Å². The van der Waals surface area contributed by atoms with Crippen LogP contribution in [0.1, 0.15) is 58.7 Å². The van der Waals surface area contributed by atoms with Gasteiger partial charge in [-0.2, -0.15) is 0 Å². The maximum atomic E-state index is 6.17. The Hall–Kier alpha value is -0.410. The molecule has 3 heteroatoms. The summed E-state index contributed by atoms with van der Waals surface area (Å²) in [6.07, 6.45) is 2.01. The number of rotatable bonds is 3. The van der Waals surface area contributed by atoms with E-state index in [9.17, 15) is 0 Å². The van der Waals surface area contributed by atoms with Gasteiger partial charge in [-0.1, -0.05) is 41.5 Å². The zero-order valence-corrected chi connectivity index (χ0v) is 12.8. The maximum Gasteiger partial charge on any atom is 0.0929 e. The van der Waals surface area contributed by atoms with Crippen LogP contribution in [0.25, 0.3) is 0 Å². The molecule has 1 heterocycles. The molecule has 0 aromatic carbocycles. The molecule has 1 aromatic rings. The molecule has 0 aliphatic rings. The molecular formula is C14H26N2S. The topological polar surface area (TPSA) is 38.9 Å². The van der Waals surface area contributed by atoms with Crippen molar-refractivity contribution in [3.8, 4) is 0 Å². The fourth-order valence-electron chi connectivity index (χ4n) is 1.48. The molecule has 0 aliphatic heterocycles. The van der Waals surface area contributed by atoms with Crippen molar-refractivity contribution in [1.29, 1.82) is 0 Å². The van der Waals surface area contributed by atoms with E-state index < -0.39 is 0 Å². The summed E-state index contributed by atoms with van der Waals surface area (Å²) in [6.45, 7) is 13.2. The van der Waals surface area contributed by atoms with Gasteiger partial charge in [-0.05, 0) is 11.8 Å². The van der Waals surface area contributed by atoms with E-state index in [1.165, 1.54) is 10.7 Å². The van der Waals surface area contributed by atoms with Crippen molar-refractivity contribution in [1.82, 2.24) is 4.98 Å². The largest absolute Gasteiger partial charge is 0.327 e. The number of aryl methyl sites for hydroxylation is 1. The van der Waals surface area contributed by atoms with Gasteiger partial charge >= 0.3 is 0 Å². The van der Waals surface area contributed by atoms with Gasteiger partial charge in [-0.3, -0.25) is 0 Å². The summed E-state index contributed by atoms with van der Waals surface area (Å²) in [4.78, 5) is 4.70. The lowest BCUT2D eigenvalue weighted by atomic mass is 9.85. The summed E-state index contributed by atoms with van der Waals surface area (Å²) in [5.74, 6) is 0. The highest BCUT2D eigenvalue weighted by Crippen LogP contribution is 2.26. The molecule has 1 unspecified atom stereocenters. The molecule has 0 amide bonds. The van der Waals surface area contributed by atoms with E-state index >= 15 is 0 Å². The third kappa shape index (κ3) is 4.40. The van der Waals surface area contributed by atoms with E-state index in [2.05, 4.69) is 46.9 Å². The van der Waals surface area contributed by atoms with Crippen molar-refractivity contribution in [2.24, 2.45) is 11.1 Å². The van der Waals surface area contributed by atoms with Gasteiger partial charge in [0.15, 0.2) is 0 Å². The van der Waals surface area contributed by atoms with E-state index in [-0.39, 0.29) is 16.9 Å². The molecule has 2 N–H and O–H groups in total. The minimum Gasteiger partial charge on any atom is -0.327 e. The van der Waals surface area contributed by atoms with Gasteiger partial charge in [-0.25, -0.2) is 4.98 Å². The summed E-state index contributed by atoms with van der Waals surface area (Å²) >= 11 is 1.76. The van der Waals surface area contributed by atoms with Gasteiger partial charge in [0.1, 0.15) is 0 Å². The van der Waals surface area contributed by atoms with Crippen molar-refractivity contribution in [2.45, 2.75) is 65.8 Å². The average Bonchev–Trinajstić information content (AvgIpc) is 2.59. The third-order valence-electron chi connectivity index (χ3n) is 3.10. The Kier molecular flexibility index (Phi) is 4.37. The highest BCUT2D eigenvalue weighted by molar-refractivity contribution is 7.09. The molecule has 0 bridgehead atoms. The Labute approximate surface area is 110 Å². The molecule has 0 spiro atoms. The number of nitrogens with zero attached hydrogens (tertiary/aromatic N) is 1. The van der Waals surface area contributed by atoms with Crippen LogP contribution in [-0.4, -0.2) is 11.0 Å². The standard InChI is InChI=1S/C14H26N2S/c1-13(2,3)10(15)7-8-12-16-11(9-17-12)14(4,5)6/h9-10H,7-8,15H2,1-6H3. The lowest BCUT2D eigenvalue weighted by Crippen LogP contribution is -2.35. The highest BCUT2D eigenvalue weighted by Gasteiger charge is 2.21. The number of thiazole rings is 1. The molecule has 17 heavy (non-hydrogen) atoms. The van der Waals surface area contributed by atoms with Crippen LogP contribution in [-0.2, 0) is 11.8 Å². The lowest BCUT2D eigenvalue weighted by molar-refractivity contribution is 0.306. The second-order valence-electron chi connectivity index (χ2n) is 6.89. The average molecular weight is 254 g/mol. The highest BCUT2D eigenvalue weighted by atomic mass is 32.1. The summed E-state index contributed by atoms with van der Waals surface area (Å²) in [5, 5.41) is 3.40. The summed E-state index contributed by atoms with van der Waals surface area (Å²) in [7, 11) is 0. The van der Waals surface area contributed by atoms with E-state index in [1.807, 2.05) is 0 Å². The Balaban J connectivity index is 2.57. The van der Waals surface area contributed by atoms with Crippen molar-refractivity contribution in [3.05, 3.63) is 16.1 Å². The first-order valence-corrected chi connectivity index (χ1v) is 7.19. The summed E-state index contributed by atoms with van der Waals surface area (Å²) in [5.41, 5.74) is 7.70. The first-order chi connectivity index (χ1) is 7.60. The molecular weight excluding hydrogens is 228 g/mol. The fraction of sp³-hybridized carbons (Fsp3) is 0.786. The first kappa shape index (κ1) is 14.7. The molecule has 0 radical (unpaired) electrons. The van der Waals surface area contributed by atoms with Gasteiger partial charge in [0.25, 0.3) is 0 Å². The predicted octanol–water partition coefficient (Wildman–Crippen LogP) is 3.75. The van der Waals surface area contributed by atoms with Crippen molar-refractivity contribution >= 4 is 11.3 Å². The molecule has 0 saturated carbocycles. The number of nitrogens with two attached hydrogens (primary N) is 1. The Morgan fingerprint density at radius 3 is 2.24 bits per heavy atom. The smallest absolute Gasteiger partial charge is 0.0929 e. The van der Waals surface area contributed by atoms with E-state index in [0.717, 1.165) is 12.8 Å². The van der Waals surface area contributed by atoms with Crippen LogP contribution in [0.4, 0.5) is 0 Å². The zero-order valence-electron chi connectivity index (χ0n) is 12.0. The van der Waals surface area contributed by atoms with Crippen LogP contribution < -0.4 is 5.73 Å². The molecule has 2 nitrogen and oxygen atoms in total. The first-order valence-electron chi connectivity index (χ1n) is 6.31. The molecule has 0 aliphatic carbocycles. The molecule has 0 fully saturated rings. The second kappa shape index (κ2) is 5.07. The van der Waals surface area contributed by atoms with Crippen LogP contribution in [0.3, 0.4) is 0 Å². The minimum atomic E-state index is 0.154. The van der Waals surface area contributed by atoms with Crippen molar-refractivity contribution in [3.63, 3.8) is 0 Å². The van der Waals surface area contributed by atoms with Gasteiger partial charge in [0.2, 0.25) is 0 Å². The molecule has 98 valence electrons. The van der Waals surface area contributed by atoms with Crippen molar-refractivity contribution in [2.75, 3.05) is 0 Å². The van der Waals surface area contributed by atoms with Crippen LogP contribution in [0.2, 0.25) is 0 Å². The lowest BCUT2D eigenvalue weighted by Gasteiger charge is -2.26. The SMILES string of the molecule is CC(C)(C)c1csc(CCC(N)C(C)(C)C)n1. The van der Waals surface area contributed by atoms with Crippen LogP contribution in [0.5, 0.6) is 0 Å². The Bertz CT molecular complexity index is 355. The van der Waals surface area contributed by atoms with Gasteiger partial charge < -0.3 is 5.73 Å². The van der Waals surface area contributed by atoms with Crippen LogP contribution in [0, 0.1) is 5.41 Å². The Morgan fingerprint density at radius 1 is 1.24 bits per heavy atom. The number of hydrogen-bond acceptors (Lipinski definition) is 3. The Morgan fingerprint density at radius 2 is 1.82 bits per heavy atom. The summed E-state index contributed by atoms with van der Waals surface area (Å²) < 4.78 is 0. The fourth-order valence-corrected chi connectivity index (χ4v) is 2.52. The number of hydrogen-bond donors (Lipinski definition) is 1.